The number of hydrogen-bond acceptors (Lipinski definition) is 3. The Morgan fingerprint density at radius 1 is 1.23 bits per heavy atom. The highest BCUT2D eigenvalue weighted by molar-refractivity contribution is 5.97. The first-order valence-corrected chi connectivity index (χ1v) is 8.73. The molecule has 2 aromatic carbocycles. The molecular formula is C20H23N3O3. The third kappa shape index (κ3) is 3.86. The Hall–Kier alpha value is -2.86. The highest BCUT2D eigenvalue weighted by Crippen LogP contribution is 2.14. The van der Waals surface area contributed by atoms with Crippen molar-refractivity contribution in [3.8, 4) is 0 Å². The average Bonchev–Trinajstić information content (AvgIpc) is 2.95. The van der Waals surface area contributed by atoms with E-state index in [2.05, 4.69) is 10.3 Å². The summed E-state index contributed by atoms with van der Waals surface area (Å²) in [5, 5.41) is 2.93. The van der Waals surface area contributed by atoms with Gasteiger partial charge in [0.25, 0.3) is 5.91 Å². The second-order valence-corrected chi connectivity index (χ2v) is 6.12. The Balaban J connectivity index is 1.75. The molecule has 1 amide bonds. The first kappa shape index (κ1) is 17.9. The molecule has 0 radical (unpaired) electrons. The van der Waals surface area contributed by atoms with E-state index in [9.17, 15) is 9.59 Å². The van der Waals surface area contributed by atoms with Crippen LogP contribution in [0.3, 0.4) is 0 Å². The van der Waals surface area contributed by atoms with Crippen molar-refractivity contribution in [1.29, 1.82) is 0 Å². The lowest BCUT2D eigenvalue weighted by Crippen LogP contribution is -2.23. The monoisotopic (exact) mass is 353 g/mol. The zero-order valence-electron chi connectivity index (χ0n) is 15.0. The van der Waals surface area contributed by atoms with Gasteiger partial charge in [0.2, 0.25) is 0 Å². The maximum atomic E-state index is 12.4. The number of imidazole rings is 1. The standard InChI is InChI=1S/C20H23N3O3/c1-3-26-11-10-23-18-9-8-15(12-17(18)22-20(23)25)19(24)21-13-16-7-5-4-6-14(16)2/h4-9,12H,3,10-11,13H2,1-2H3,(H,21,24)(H,22,25). The third-order valence-corrected chi connectivity index (χ3v) is 4.40. The van der Waals surface area contributed by atoms with Crippen molar-refractivity contribution < 1.29 is 9.53 Å². The van der Waals surface area contributed by atoms with Crippen molar-refractivity contribution in [2.45, 2.75) is 26.9 Å². The van der Waals surface area contributed by atoms with Gasteiger partial charge < -0.3 is 15.0 Å². The summed E-state index contributed by atoms with van der Waals surface area (Å²) in [6.07, 6.45) is 0. The van der Waals surface area contributed by atoms with Gasteiger partial charge in [0, 0.05) is 18.7 Å². The van der Waals surface area contributed by atoms with E-state index in [-0.39, 0.29) is 11.6 Å². The molecule has 0 aliphatic carbocycles. The number of H-pyrrole nitrogens is 1. The number of hydrogen-bond donors (Lipinski definition) is 2. The fourth-order valence-electron chi connectivity index (χ4n) is 2.91. The van der Waals surface area contributed by atoms with Crippen molar-refractivity contribution in [1.82, 2.24) is 14.9 Å². The molecule has 136 valence electrons. The smallest absolute Gasteiger partial charge is 0.326 e. The van der Waals surface area contributed by atoms with E-state index < -0.39 is 0 Å². The van der Waals surface area contributed by atoms with E-state index in [1.807, 2.05) is 38.1 Å². The number of aromatic amines is 1. The maximum absolute atomic E-state index is 12.4. The molecule has 3 aromatic rings. The summed E-state index contributed by atoms with van der Waals surface area (Å²) in [6, 6.07) is 13.2. The number of carbonyl (C=O) groups is 1. The van der Waals surface area contributed by atoms with Crippen molar-refractivity contribution in [3.05, 3.63) is 69.6 Å². The van der Waals surface area contributed by atoms with Crippen LogP contribution in [0.5, 0.6) is 0 Å². The highest BCUT2D eigenvalue weighted by atomic mass is 16.5. The number of carbonyl (C=O) groups excluding carboxylic acids is 1. The first-order valence-electron chi connectivity index (χ1n) is 8.73. The van der Waals surface area contributed by atoms with Crippen molar-refractivity contribution >= 4 is 16.9 Å². The predicted octanol–water partition coefficient (Wildman–Crippen LogP) is 2.60. The Morgan fingerprint density at radius 2 is 2.04 bits per heavy atom. The molecule has 0 saturated carbocycles. The third-order valence-electron chi connectivity index (χ3n) is 4.40. The molecule has 3 rings (SSSR count). The van der Waals surface area contributed by atoms with E-state index in [0.29, 0.717) is 37.4 Å². The SMILES string of the molecule is CCOCCn1c(=O)[nH]c2cc(C(=O)NCc3ccccc3C)ccc21. The molecule has 0 aliphatic heterocycles. The molecule has 6 heteroatoms. The van der Waals surface area contributed by atoms with Crippen LogP contribution < -0.4 is 11.0 Å². The van der Waals surface area contributed by atoms with Crippen LogP contribution >= 0.6 is 0 Å². The summed E-state index contributed by atoms with van der Waals surface area (Å²) < 4.78 is 6.94. The number of amides is 1. The van der Waals surface area contributed by atoms with Gasteiger partial charge in [0.05, 0.1) is 24.2 Å². The average molecular weight is 353 g/mol. The number of ether oxygens (including phenoxy) is 1. The van der Waals surface area contributed by atoms with Gasteiger partial charge in [-0.25, -0.2) is 4.79 Å². The number of nitrogens with one attached hydrogen (secondary N) is 2. The van der Waals surface area contributed by atoms with Crippen molar-refractivity contribution in [2.75, 3.05) is 13.2 Å². The minimum absolute atomic E-state index is 0.168. The Bertz CT molecular complexity index is 972. The van der Waals surface area contributed by atoms with Gasteiger partial charge in [0.15, 0.2) is 0 Å². The topological polar surface area (TPSA) is 76.1 Å². The lowest BCUT2D eigenvalue weighted by molar-refractivity contribution is 0.0951. The van der Waals surface area contributed by atoms with Gasteiger partial charge >= 0.3 is 5.69 Å². The summed E-state index contributed by atoms with van der Waals surface area (Å²) in [5.74, 6) is -0.168. The maximum Gasteiger partial charge on any atom is 0.326 e. The van der Waals surface area contributed by atoms with Gasteiger partial charge in [-0.3, -0.25) is 9.36 Å². The molecule has 1 aromatic heterocycles. The summed E-state index contributed by atoms with van der Waals surface area (Å²) in [6.45, 7) is 5.97. The van der Waals surface area contributed by atoms with Crippen LogP contribution in [0.15, 0.2) is 47.3 Å². The number of rotatable bonds is 7. The van der Waals surface area contributed by atoms with E-state index in [0.717, 1.165) is 16.6 Å². The van der Waals surface area contributed by atoms with Crippen LogP contribution in [-0.4, -0.2) is 28.7 Å². The molecule has 0 aliphatic rings. The molecule has 2 N–H and O–H groups in total. The molecule has 0 spiro atoms. The fourth-order valence-corrected chi connectivity index (χ4v) is 2.91. The lowest BCUT2D eigenvalue weighted by Gasteiger charge is -2.08. The fraction of sp³-hybridized carbons (Fsp3) is 0.300. The predicted molar refractivity (Wildman–Crippen MR) is 101 cm³/mol. The summed E-state index contributed by atoms with van der Waals surface area (Å²) in [4.78, 5) is 27.4. The quantitative estimate of drug-likeness (QED) is 0.641. The van der Waals surface area contributed by atoms with E-state index in [4.69, 9.17) is 4.74 Å². The van der Waals surface area contributed by atoms with Gasteiger partial charge in [0.1, 0.15) is 0 Å². The van der Waals surface area contributed by atoms with Crippen LogP contribution in [-0.2, 0) is 17.8 Å². The first-order chi connectivity index (χ1) is 12.6. The largest absolute Gasteiger partial charge is 0.380 e. The molecule has 0 unspecified atom stereocenters. The molecule has 0 fully saturated rings. The lowest BCUT2D eigenvalue weighted by atomic mass is 10.1. The number of fused-ring (bicyclic) bond motifs is 1. The number of aryl methyl sites for hydroxylation is 1. The number of nitrogens with zero attached hydrogens (tertiary/aromatic N) is 1. The summed E-state index contributed by atoms with van der Waals surface area (Å²) >= 11 is 0. The second kappa shape index (κ2) is 8.01. The Kier molecular flexibility index (Phi) is 5.53. The Labute approximate surface area is 151 Å². The molecule has 0 atom stereocenters. The summed E-state index contributed by atoms with van der Waals surface area (Å²) in [7, 11) is 0. The minimum Gasteiger partial charge on any atom is -0.380 e. The van der Waals surface area contributed by atoms with E-state index >= 15 is 0 Å². The van der Waals surface area contributed by atoms with Crippen LogP contribution in [0, 0.1) is 6.92 Å². The van der Waals surface area contributed by atoms with Crippen LogP contribution in [0.1, 0.15) is 28.4 Å². The van der Waals surface area contributed by atoms with Crippen LogP contribution in [0.2, 0.25) is 0 Å². The molecule has 0 bridgehead atoms. The number of benzene rings is 2. The van der Waals surface area contributed by atoms with Crippen LogP contribution in [0.4, 0.5) is 0 Å². The van der Waals surface area contributed by atoms with Gasteiger partial charge in [-0.2, -0.15) is 0 Å². The molecule has 1 heterocycles. The van der Waals surface area contributed by atoms with Gasteiger partial charge in [-0.15, -0.1) is 0 Å². The van der Waals surface area contributed by atoms with Crippen molar-refractivity contribution in [2.24, 2.45) is 0 Å². The minimum atomic E-state index is -0.197. The highest BCUT2D eigenvalue weighted by Gasteiger charge is 2.11. The van der Waals surface area contributed by atoms with Crippen molar-refractivity contribution in [3.63, 3.8) is 0 Å². The molecule has 6 nitrogen and oxygen atoms in total. The van der Waals surface area contributed by atoms with Gasteiger partial charge in [-0.1, -0.05) is 24.3 Å². The van der Waals surface area contributed by atoms with Crippen LogP contribution in [0.25, 0.3) is 11.0 Å². The van der Waals surface area contributed by atoms with Gasteiger partial charge in [-0.05, 0) is 43.2 Å². The zero-order valence-corrected chi connectivity index (χ0v) is 15.0. The molecule has 0 saturated heterocycles. The molecular weight excluding hydrogens is 330 g/mol. The van der Waals surface area contributed by atoms with E-state index in [1.165, 1.54) is 0 Å². The zero-order chi connectivity index (χ0) is 18.5. The molecule has 26 heavy (non-hydrogen) atoms. The Morgan fingerprint density at radius 3 is 2.81 bits per heavy atom. The second-order valence-electron chi connectivity index (χ2n) is 6.12. The van der Waals surface area contributed by atoms with E-state index in [1.54, 1.807) is 22.8 Å². The summed E-state index contributed by atoms with van der Waals surface area (Å²) in [5.41, 5.74) is 3.96. The normalized spacial score (nSPS) is 11.0. The number of aromatic nitrogens is 2.